The van der Waals surface area contributed by atoms with Crippen molar-refractivity contribution in [1.29, 1.82) is 0 Å². The van der Waals surface area contributed by atoms with E-state index in [-0.39, 0.29) is 18.4 Å². The minimum absolute atomic E-state index is 0.0588. The second-order valence-electron chi connectivity index (χ2n) is 3.91. The van der Waals surface area contributed by atoms with E-state index < -0.39 is 0 Å². The summed E-state index contributed by atoms with van der Waals surface area (Å²) in [6.07, 6.45) is 0.361. The Balaban J connectivity index is 2.25. The molecule has 0 aliphatic carbocycles. The molecule has 16 heavy (non-hydrogen) atoms. The smallest absolute Gasteiger partial charge is 0.246 e. The first kappa shape index (κ1) is 10.7. The first-order valence-corrected chi connectivity index (χ1v) is 5.30. The second kappa shape index (κ2) is 4.35. The van der Waals surface area contributed by atoms with Gasteiger partial charge in [-0.05, 0) is 24.6 Å². The Morgan fingerprint density at radius 3 is 2.88 bits per heavy atom. The van der Waals surface area contributed by atoms with Crippen LogP contribution in [0.5, 0.6) is 0 Å². The van der Waals surface area contributed by atoms with Gasteiger partial charge in [-0.25, -0.2) is 0 Å². The van der Waals surface area contributed by atoms with E-state index >= 15 is 0 Å². The molecule has 0 aromatic heterocycles. The van der Waals surface area contributed by atoms with Crippen molar-refractivity contribution >= 4 is 17.5 Å². The summed E-state index contributed by atoms with van der Waals surface area (Å²) in [6, 6.07) is 7.74. The Morgan fingerprint density at radius 2 is 2.12 bits per heavy atom. The average Bonchev–Trinajstić information content (AvgIpc) is 2.42. The van der Waals surface area contributed by atoms with Gasteiger partial charge < -0.3 is 10.2 Å². The van der Waals surface area contributed by atoms with Gasteiger partial charge >= 0.3 is 0 Å². The molecule has 4 nitrogen and oxygen atoms in total. The van der Waals surface area contributed by atoms with Crippen LogP contribution in [0.4, 0.5) is 5.69 Å². The molecule has 0 saturated carbocycles. The Kier molecular flexibility index (Phi) is 2.90. The second-order valence-corrected chi connectivity index (χ2v) is 3.91. The number of benzene rings is 1. The van der Waals surface area contributed by atoms with Crippen molar-refractivity contribution in [3.05, 3.63) is 29.8 Å². The highest BCUT2D eigenvalue weighted by atomic mass is 16.2. The highest BCUT2D eigenvalue weighted by molar-refractivity contribution is 5.98. The minimum atomic E-state index is -0.0662. The predicted octanol–water partition coefficient (Wildman–Crippen LogP) is 0.848. The number of hydrogen-bond acceptors (Lipinski definition) is 2. The van der Waals surface area contributed by atoms with Crippen LogP contribution in [-0.2, 0) is 9.59 Å². The van der Waals surface area contributed by atoms with Crippen LogP contribution in [-0.4, -0.2) is 24.9 Å². The van der Waals surface area contributed by atoms with Gasteiger partial charge in [0, 0.05) is 18.7 Å². The van der Waals surface area contributed by atoms with Gasteiger partial charge in [0.15, 0.2) is 0 Å². The van der Waals surface area contributed by atoms with Crippen molar-refractivity contribution in [3.63, 3.8) is 0 Å². The van der Waals surface area contributed by atoms with Crippen LogP contribution in [0, 0.1) is 6.92 Å². The Labute approximate surface area is 94.2 Å². The SMILES string of the molecule is Cc1cccc(N2CCC(=O)NCC2=O)c1. The highest BCUT2D eigenvalue weighted by Gasteiger charge is 2.21. The molecule has 1 aliphatic heterocycles. The fraction of sp³-hybridized carbons (Fsp3) is 0.333. The zero-order valence-corrected chi connectivity index (χ0v) is 9.19. The Bertz CT molecular complexity index is 429. The van der Waals surface area contributed by atoms with Gasteiger partial charge in [-0.2, -0.15) is 0 Å². The first-order valence-electron chi connectivity index (χ1n) is 5.30. The zero-order valence-electron chi connectivity index (χ0n) is 9.19. The van der Waals surface area contributed by atoms with E-state index in [0.717, 1.165) is 11.3 Å². The molecule has 2 amide bonds. The summed E-state index contributed by atoms with van der Waals surface area (Å²) >= 11 is 0. The molecule has 0 radical (unpaired) electrons. The quantitative estimate of drug-likeness (QED) is 0.759. The summed E-state index contributed by atoms with van der Waals surface area (Å²) < 4.78 is 0. The van der Waals surface area contributed by atoms with Crippen LogP contribution in [0.1, 0.15) is 12.0 Å². The van der Waals surface area contributed by atoms with E-state index in [1.54, 1.807) is 4.90 Å². The van der Waals surface area contributed by atoms with Gasteiger partial charge in [0.2, 0.25) is 11.8 Å². The van der Waals surface area contributed by atoms with Crippen molar-refractivity contribution in [2.75, 3.05) is 18.0 Å². The van der Waals surface area contributed by atoms with Crippen LogP contribution in [0.25, 0.3) is 0 Å². The maximum Gasteiger partial charge on any atom is 0.246 e. The van der Waals surface area contributed by atoms with E-state index in [9.17, 15) is 9.59 Å². The molecule has 0 unspecified atom stereocenters. The summed E-state index contributed by atoms with van der Waals surface area (Å²) in [5.41, 5.74) is 1.97. The molecule has 1 fully saturated rings. The molecule has 1 heterocycles. The van der Waals surface area contributed by atoms with Gasteiger partial charge in [0.1, 0.15) is 0 Å². The normalized spacial score (nSPS) is 16.9. The van der Waals surface area contributed by atoms with Gasteiger partial charge in [-0.3, -0.25) is 9.59 Å². The van der Waals surface area contributed by atoms with Gasteiger partial charge in [0.25, 0.3) is 0 Å². The van der Waals surface area contributed by atoms with Crippen molar-refractivity contribution in [3.8, 4) is 0 Å². The molecular weight excluding hydrogens is 204 g/mol. The third-order valence-electron chi connectivity index (χ3n) is 2.61. The minimum Gasteiger partial charge on any atom is -0.347 e. The summed E-state index contributed by atoms with van der Waals surface area (Å²) in [7, 11) is 0. The van der Waals surface area contributed by atoms with E-state index in [2.05, 4.69) is 5.32 Å². The van der Waals surface area contributed by atoms with Crippen molar-refractivity contribution in [1.82, 2.24) is 5.32 Å². The summed E-state index contributed by atoms with van der Waals surface area (Å²) in [4.78, 5) is 24.6. The molecule has 1 aromatic carbocycles. The van der Waals surface area contributed by atoms with Crippen LogP contribution in [0.15, 0.2) is 24.3 Å². The fourth-order valence-electron chi connectivity index (χ4n) is 1.77. The van der Waals surface area contributed by atoms with Crippen LogP contribution < -0.4 is 10.2 Å². The van der Waals surface area contributed by atoms with Gasteiger partial charge in [0.05, 0.1) is 6.54 Å². The number of hydrogen-bond donors (Lipinski definition) is 1. The van der Waals surface area contributed by atoms with E-state index in [4.69, 9.17) is 0 Å². The molecule has 1 N–H and O–H groups in total. The third kappa shape index (κ3) is 2.21. The average molecular weight is 218 g/mol. The van der Waals surface area contributed by atoms with Crippen LogP contribution in [0.3, 0.4) is 0 Å². The lowest BCUT2D eigenvalue weighted by Gasteiger charge is -2.20. The number of amides is 2. The molecule has 2 rings (SSSR count). The van der Waals surface area contributed by atoms with E-state index in [1.165, 1.54) is 0 Å². The number of nitrogens with zero attached hydrogens (tertiary/aromatic N) is 1. The first-order chi connectivity index (χ1) is 7.66. The summed E-state index contributed by atoms with van der Waals surface area (Å²) in [5, 5.41) is 2.58. The molecule has 1 aromatic rings. The molecule has 84 valence electrons. The number of nitrogens with one attached hydrogen (secondary N) is 1. The van der Waals surface area contributed by atoms with Crippen molar-refractivity contribution in [2.45, 2.75) is 13.3 Å². The lowest BCUT2D eigenvalue weighted by atomic mass is 10.2. The standard InChI is InChI=1S/C12H14N2O2/c1-9-3-2-4-10(7-9)14-6-5-11(15)13-8-12(14)16/h2-4,7H,5-6,8H2,1H3,(H,13,15). The van der Waals surface area contributed by atoms with E-state index in [1.807, 2.05) is 31.2 Å². The van der Waals surface area contributed by atoms with Gasteiger partial charge in [-0.15, -0.1) is 0 Å². The monoisotopic (exact) mass is 218 g/mol. The summed E-state index contributed by atoms with van der Waals surface area (Å²) in [5.74, 6) is -0.125. The number of carbonyl (C=O) groups is 2. The van der Waals surface area contributed by atoms with Crippen LogP contribution >= 0.6 is 0 Å². The largest absolute Gasteiger partial charge is 0.347 e. The number of rotatable bonds is 1. The highest BCUT2D eigenvalue weighted by Crippen LogP contribution is 2.17. The lowest BCUT2D eigenvalue weighted by molar-refractivity contribution is -0.123. The number of carbonyl (C=O) groups excluding carboxylic acids is 2. The number of anilines is 1. The topological polar surface area (TPSA) is 49.4 Å². The predicted molar refractivity (Wildman–Crippen MR) is 61.2 cm³/mol. The van der Waals surface area contributed by atoms with Crippen molar-refractivity contribution in [2.24, 2.45) is 0 Å². The maximum absolute atomic E-state index is 11.8. The number of aryl methyl sites for hydroxylation is 1. The third-order valence-corrected chi connectivity index (χ3v) is 2.61. The Hall–Kier alpha value is -1.84. The van der Waals surface area contributed by atoms with E-state index in [0.29, 0.717) is 13.0 Å². The molecular formula is C12H14N2O2. The molecule has 0 spiro atoms. The lowest BCUT2D eigenvalue weighted by Crippen LogP contribution is -2.35. The van der Waals surface area contributed by atoms with Crippen molar-refractivity contribution < 1.29 is 9.59 Å². The Morgan fingerprint density at radius 1 is 1.31 bits per heavy atom. The maximum atomic E-state index is 11.8. The summed E-state index contributed by atoms with van der Waals surface area (Å²) in [6.45, 7) is 2.52. The molecule has 1 aliphatic rings. The van der Waals surface area contributed by atoms with Crippen LogP contribution in [0.2, 0.25) is 0 Å². The zero-order chi connectivity index (χ0) is 11.5. The molecule has 0 bridgehead atoms. The molecule has 4 heteroatoms. The van der Waals surface area contributed by atoms with Gasteiger partial charge in [-0.1, -0.05) is 12.1 Å². The molecule has 1 saturated heterocycles. The molecule has 0 atom stereocenters. The fourth-order valence-corrected chi connectivity index (χ4v) is 1.77.